The minimum Gasteiger partial charge on any atom is -0.490 e. The van der Waals surface area contributed by atoms with Crippen molar-refractivity contribution in [3.63, 3.8) is 0 Å². The van der Waals surface area contributed by atoms with Crippen LogP contribution in [-0.2, 0) is 4.74 Å². The van der Waals surface area contributed by atoms with Crippen molar-refractivity contribution in [3.05, 3.63) is 59.7 Å². The Bertz CT molecular complexity index is 692. The lowest BCUT2D eigenvalue weighted by Crippen LogP contribution is -2.09. The van der Waals surface area contributed by atoms with Crippen LogP contribution in [0.3, 0.4) is 0 Å². The quantitative estimate of drug-likeness (QED) is 0.274. The van der Waals surface area contributed by atoms with Gasteiger partial charge in [0.15, 0.2) is 0 Å². The molecule has 0 unspecified atom stereocenters. The molecule has 0 aliphatic rings. The summed E-state index contributed by atoms with van der Waals surface area (Å²) < 4.78 is 16.7. The first-order valence-electron chi connectivity index (χ1n) is 10.8. The number of carbonyl (C=O) groups is 1. The summed E-state index contributed by atoms with van der Waals surface area (Å²) in [7, 11) is 0. The second kappa shape index (κ2) is 13.6. The van der Waals surface area contributed by atoms with Crippen molar-refractivity contribution >= 4 is 5.97 Å². The van der Waals surface area contributed by atoms with Gasteiger partial charge in [0, 0.05) is 0 Å². The molecule has 29 heavy (non-hydrogen) atoms. The SMILES string of the molecule is CCCCCCCCCOC(=O)c1ccc(OCCOc2ccc(C)cc2)cc1. The lowest BCUT2D eigenvalue weighted by atomic mass is 10.1. The molecule has 0 saturated carbocycles. The van der Waals surface area contributed by atoms with Crippen LogP contribution in [0.25, 0.3) is 0 Å². The molecule has 0 bridgehead atoms. The average Bonchev–Trinajstić information content (AvgIpc) is 2.74. The molecule has 0 aliphatic carbocycles. The number of carbonyl (C=O) groups excluding carboxylic acids is 1. The lowest BCUT2D eigenvalue weighted by molar-refractivity contribution is 0.0497. The Morgan fingerprint density at radius 1 is 0.690 bits per heavy atom. The van der Waals surface area contributed by atoms with Crippen LogP contribution < -0.4 is 9.47 Å². The number of rotatable bonds is 14. The Hall–Kier alpha value is -2.49. The first-order valence-corrected chi connectivity index (χ1v) is 10.8. The van der Waals surface area contributed by atoms with E-state index in [0.717, 1.165) is 18.6 Å². The summed E-state index contributed by atoms with van der Waals surface area (Å²) in [4.78, 5) is 12.1. The zero-order valence-electron chi connectivity index (χ0n) is 17.8. The average molecular weight is 399 g/mol. The third-order valence-electron chi connectivity index (χ3n) is 4.71. The van der Waals surface area contributed by atoms with Crippen molar-refractivity contribution in [2.75, 3.05) is 19.8 Å². The molecule has 0 aromatic heterocycles. The van der Waals surface area contributed by atoms with Crippen LogP contribution in [0.2, 0.25) is 0 Å². The molecular formula is C25H34O4. The Morgan fingerprint density at radius 2 is 1.21 bits per heavy atom. The van der Waals surface area contributed by atoms with Crippen molar-refractivity contribution < 1.29 is 19.0 Å². The predicted molar refractivity (Wildman–Crippen MR) is 117 cm³/mol. The first-order chi connectivity index (χ1) is 14.2. The van der Waals surface area contributed by atoms with Gasteiger partial charge in [-0.1, -0.05) is 63.1 Å². The molecule has 0 fully saturated rings. The fourth-order valence-corrected chi connectivity index (χ4v) is 2.95. The van der Waals surface area contributed by atoms with Gasteiger partial charge in [-0.2, -0.15) is 0 Å². The molecule has 158 valence electrons. The second-order valence-corrected chi connectivity index (χ2v) is 7.29. The number of hydrogen-bond donors (Lipinski definition) is 0. The molecule has 4 heteroatoms. The van der Waals surface area contributed by atoms with E-state index in [4.69, 9.17) is 14.2 Å². The van der Waals surface area contributed by atoms with E-state index >= 15 is 0 Å². The molecule has 0 atom stereocenters. The molecule has 0 amide bonds. The third-order valence-corrected chi connectivity index (χ3v) is 4.71. The Labute approximate surface area is 175 Å². The number of aryl methyl sites for hydroxylation is 1. The molecule has 2 aromatic carbocycles. The Morgan fingerprint density at radius 3 is 1.79 bits per heavy atom. The summed E-state index contributed by atoms with van der Waals surface area (Å²) in [6.07, 6.45) is 8.44. The zero-order valence-corrected chi connectivity index (χ0v) is 17.8. The van der Waals surface area contributed by atoms with Crippen molar-refractivity contribution in [3.8, 4) is 11.5 Å². The van der Waals surface area contributed by atoms with Gasteiger partial charge in [0.25, 0.3) is 0 Å². The van der Waals surface area contributed by atoms with Gasteiger partial charge in [-0.15, -0.1) is 0 Å². The highest BCUT2D eigenvalue weighted by atomic mass is 16.5. The standard InChI is InChI=1S/C25H34O4/c1-3-4-5-6-7-8-9-18-29-25(26)22-12-16-24(17-13-22)28-20-19-27-23-14-10-21(2)11-15-23/h10-17H,3-9,18-20H2,1-2H3. The van der Waals surface area contributed by atoms with E-state index in [1.807, 2.05) is 31.2 Å². The number of ether oxygens (including phenoxy) is 3. The van der Waals surface area contributed by atoms with Gasteiger partial charge in [0.05, 0.1) is 12.2 Å². The Kier molecular flexibility index (Phi) is 10.7. The fourth-order valence-electron chi connectivity index (χ4n) is 2.95. The maximum absolute atomic E-state index is 12.1. The Balaban J connectivity index is 1.58. The van der Waals surface area contributed by atoms with E-state index in [1.165, 1.54) is 37.7 Å². The maximum Gasteiger partial charge on any atom is 0.338 e. The molecule has 0 radical (unpaired) electrons. The van der Waals surface area contributed by atoms with Gasteiger partial charge in [-0.25, -0.2) is 4.79 Å². The highest BCUT2D eigenvalue weighted by molar-refractivity contribution is 5.89. The van der Waals surface area contributed by atoms with Crippen molar-refractivity contribution in [2.45, 2.75) is 58.8 Å². The minimum absolute atomic E-state index is 0.273. The smallest absolute Gasteiger partial charge is 0.338 e. The third kappa shape index (κ3) is 9.51. The van der Waals surface area contributed by atoms with Crippen LogP contribution in [0.4, 0.5) is 0 Å². The lowest BCUT2D eigenvalue weighted by Gasteiger charge is -2.09. The number of hydrogen-bond acceptors (Lipinski definition) is 4. The largest absolute Gasteiger partial charge is 0.490 e. The van der Waals surface area contributed by atoms with Crippen molar-refractivity contribution in [1.82, 2.24) is 0 Å². The van der Waals surface area contributed by atoms with Gasteiger partial charge in [-0.05, 0) is 49.7 Å². The molecular weight excluding hydrogens is 364 g/mol. The monoisotopic (exact) mass is 398 g/mol. The van der Waals surface area contributed by atoms with Crippen molar-refractivity contribution in [1.29, 1.82) is 0 Å². The molecule has 0 saturated heterocycles. The van der Waals surface area contributed by atoms with Gasteiger partial charge in [0.2, 0.25) is 0 Å². The molecule has 4 nitrogen and oxygen atoms in total. The van der Waals surface area contributed by atoms with Crippen LogP contribution >= 0.6 is 0 Å². The van der Waals surface area contributed by atoms with Crippen LogP contribution in [0.15, 0.2) is 48.5 Å². The maximum atomic E-state index is 12.1. The first kappa shape index (κ1) is 22.8. The van der Waals surface area contributed by atoms with Gasteiger partial charge < -0.3 is 14.2 Å². The second-order valence-electron chi connectivity index (χ2n) is 7.29. The van der Waals surface area contributed by atoms with Crippen molar-refractivity contribution in [2.24, 2.45) is 0 Å². The summed E-state index contributed by atoms with van der Waals surface area (Å²) in [5, 5.41) is 0. The van der Waals surface area contributed by atoms with Crippen LogP contribution in [0.1, 0.15) is 67.8 Å². The summed E-state index contributed by atoms with van der Waals surface area (Å²) in [5.41, 5.74) is 1.76. The van der Waals surface area contributed by atoms with E-state index < -0.39 is 0 Å². The van der Waals surface area contributed by atoms with Gasteiger partial charge >= 0.3 is 5.97 Å². The summed E-state index contributed by atoms with van der Waals surface area (Å²) >= 11 is 0. The molecule has 0 spiro atoms. The van der Waals surface area contributed by atoms with Gasteiger partial charge in [-0.3, -0.25) is 0 Å². The van der Waals surface area contributed by atoms with E-state index in [9.17, 15) is 4.79 Å². The summed E-state index contributed by atoms with van der Waals surface area (Å²) in [6.45, 7) is 5.66. The number of esters is 1. The van der Waals surface area contributed by atoms with E-state index in [1.54, 1.807) is 24.3 Å². The molecule has 0 N–H and O–H groups in total. The van der Waals surface area contributed by atoms with Crippen LogP contribution in [0.5, 0.6) is 11.5 Å². The fraction of sp³-hybridized carbons (Fsp3) is 0.480. The normalized spacial score (nSPS) is 10.6. The summed E-state index contributed by atoms with van der Waals surface area (Å²) in [6, 6.07) is 15.0. The topological polar surface area (TPSA) is 44.8 Å². The van der Waals surface area contributed by atoms with Gasteiger partial charge in [0.1, 0.15) is 24.7 Å². The summed E-state index contributed by atoms with van der Waals surface area (Å²) in [5.74, 6) is 1.27. The minimum atomic E-state index is -0.273. The van der Waals surface area contributed by atoms with Crippen LogP contribution in [0, 0.1) is 6.92 Å². The van der Waals surface area contributed by atoms with Crippen LogP contribution in [-0.4, -0.2) is 25.8 Å². The van der Waals surface area contributed by atoms with E-state index in [2.05, 4.69) is 6.92 Å². The molecule has 0 heterocycles. The zero-order chi connectivity index (χ0) is 20.7. The van der Waals surface area contributed by atoms with E-state index in [0.29, 0.717) is 31.1 Å². The highest BCUT2D eigenvalue weighted by Gasteiger charge is 2.07. The predicted octanol–water partition coefficient (Wildman–Crippen LogP) is 6.36. The molecule has 0 aliphatic heterocycles. The number of unbranched alkanes of at least 4 members (excludes halogenated alkanes) is 6. The number of benzene rings is 2. The van der Waals surface area contributed by atoms with E-state index in [-0.39, 0.29) is 5.97 Å². The molecule has 2 aromatic rings. The highest BCUT2D eigenvalue weighted by Crippen LogP contribution is 2.15. The molecule has 2 rings (SSSR count).